The van der Waals surface area contributed by atoms with Gasteiger partial charge in [-0.25, -0.2) is 0 Å². The van der Waals surface area contributed by atoms with E-state index in [4.69, 9.17) is 15.2 Å². The molecule has 1 fully saturated rings. The Morgan fingerprint density at radius 1 is 1.16 bits per heavy atom. The predicted molar refractivity (Wildman–Crippen MR) is 78.2 cm³/mol. The molecular weight excluding hydrogens is 240 g/mol. The number of anilines is 1. The van der Waals surface area contributed by atoms with Crippen LogP contribution in [0.2, 0.25) is 0 Å². The summed E-state index contributed by atoms with van der Waals surface area (Å²) in [7, 11) is 0. The van der Waals surface area contributed by atoms with E-state index in [-0.39, 0.29) is 0 Å². The molecule has 0 aliphatic carbocycles. The highest BCUT2D eigenvalue weighted by atomic mass is 16.5. The number of rotatable bonds is 5. The third-order valence-electron chi connectivity index (χ3n) is 3.42. The molecule has 1 saturated heterocycles. The van der Waals surface area contributed by atoms with Gasteiger partial charge in [0.25, 0.3) is 0 Å². The zero-order valence-electron chi connectivity index (χ0n) is 11.9. The van der Waals surface area contributed by atoms with Gasteiger partial charge in [-0.2, -0.15) is 0 Å². The fourth-order valence-corrected chi connectivity index (χ4v) is 2.42. The highest BCUT2D eigenvalue weighted by Gasteiger charge is 2.19. The lowest BCUT2D eigenvalue weighted by Gasteiger charge is -2.33. The maximum atomic E-state index is 5.97. The minimum Gasteiger partial charge on any atom is -0.494 e. The van der Waals surface area contributed by atoms with E-state index in [0.717, 1.165) is 43.1 Å². The Kier molecular flexibility index (Phi) is 4.91. The van der Waals surface area contributed by atoms with E-state index in [0.29, 0.717) is 19.3 Å². The van der Waals surface area contributed by atoms with Crippen molar-refractivity contribution in [3.63, 3.8) is 0 Å². The molecule has 1 heterocycles. The minimum absolute atomic E-state index is 0.335. The molecule has 0 saturated carbocycles. The van der Waals surface area contributed by atoms with Gasteiger partial charge in [0.05, 0.1) is 18.9 Å². The number of hydrogen-bond donors (Lipinski definition) is 1. The topological polar surface area (TPSA) is 47.7 Å². The summed E-state index contributed by atoms with van der Waals surface area (Å²) in [4.78, 5) is 2.34. The molecule has 0 unspecified atom stereocenters. The van der Waals surface area contributed by atoms with Crippen LogP contribution in [0.25, 0.3) is 0 Å². The van der Waals surface area contributed by atoms with Gasteiger partial charge in [0.15, 0.2) is 0 Å². The molecule has 1 aliphatic rings. The summed E-state index contributed by atoms with van der Waals surface area (Å²) in [6.07, 6.45) is 2.06. The lowest BCUT2D eigenvalue weighted by atomic mass is 10.1. The molecule has 1 aromatic carbocycles. The van der Waals surface area contributed by atoms with Crippen LogP contribution >= 0.6 is 0 Å². The molecule has 0 amide bonds. The van der Waals surface area contributed by atoms with Crippen LogP contribution in [0.3, 0.4) is 0 Å². The average Bonchev–Trinajstić information content (AvgIpc) is 2.42. The van der Waals surface area contributed by atoms with Gasteiger partial charge in [-0.05, 0) is 38.8 Å². The van der Waals surface area contributed by atoms with Crippen LogP contribution in [0.1, 0.15) is 26.7 Å². The molecule has 0 spiro atoms. The predicted octanol–water partition coefficient (Wildman–Crippen LogP) is 2.41. The smallest absolute Gasteiger partial charge is 0.142 e. The Hall–Kier alpha value is -1.42. The van der Waals surface area contributed by atoms with Crippen molar-refractivity contribution < 1.29 is 9.47 Å². The van der Waals surface area contributed by atoms with Gasteiger partial charge in [0.1, 0.15) is 11.5 Å². The molecule has 4 heteroatoms. The first-order valence-electron chi connectivity index (χ1n) is 7.14. The minimum atomic E-state index is 0.335. The SMILES string of the molecule is CCOc1ccc(OCC)c(N2CCC(N)CC2)c1. The van der Waals surface area contributed by atoms with Crippen LogP contribution in [-0.4, -0.2) is 32.3 Å². The van der Waals surface area contributed by atoms with Gasteiger partial charge in [0, 0.05) is 25.2 Å². The van der Waals surface area contributed by atoms with Crippen LogP contribution in [0.5, 0.6) is 11.5 Å². The highest BCUT2D eigenvalue weighted by molar-refractivity contribution is 5.62. The molecule has 0 atom stereocenters. The van der Waals surface area contributed by atoms with Crippen molar-refractivity contribution in [2.75, 3.05) is 31.2 Å². The summed E-state index contributed by atoms with van der Waals surface area (Å²) < 4.78 is 11.3. The van der Waals surface area contributed by atoms with Gasteiger partial charge >= 0.3 is 0 Å². The number of nitrogens with two attached hydrogens (primary N) is 1. The Bertz CT molecular complexity index is 401. The van der Waals surface area contributed by atoms with Crippen molar-refractivity contribution in [3.8, 4) is 11.5 Å². The highest BCUT2D eigenvalue weighted by Crippen LogP contribution is 2.34. The first kappa shape index (κ1) is 14.0. The molecule has 1 aromatic rings. The van der Waals surface area contributed by atoms with E-state index in [1.165, 1.54) is 0 Å². The number of hydrogen-bond acceptors (Lipinski definition) is 4. The molecule has 4 nitrogen and oxygen atoms in total. The fourth-order valence-electron chi connectivity index (χ4n) is 2.42. The largest absolute Gasteiger partial charge is 0.494 e. The number of ether oxygens (including phenoxy) is 2. The van der Waals surface area contributed by atoms with Gasteiger partial charge in [-0.3, -0.25) is 0 Å². The summed E-state index contributed by atoms with van der Waals surface area (Å²) in [6.45, 7) is 7.32. The van der Waals surface area contributed by atoms with Crippen LogP contribution in [-0.2, 0) is 0 Å². The Labute approximate surface area is 115 Å². The van der Waals surface area contributed by atoms with Crippen molar-refractivity contribution in [3.05, 3.63) is 18.2 Å². The zero-order chi connectivity index (χ0) is 13.7. The van der Waals surface area contributed by atoms with Crippen molar-refractivity contribution >= 4 is 5.69 Å². The molecule has 106 valence electrons. The van der Waals surface area contributed by atoms with E-state index >= 15 is 0 Å². The van der Waals surface area contributed by atoms with E-state index in [1.54, 1.807) is 0 Å². The standard InChI is InChI=1S/C15H24N2O2/c1-3-18-13-5-6-15(19-4-2)14(11-13)17-9-7-12(16)8-10-17/h5-6,11-12H,3-4,7-10,16H2,1-2H3. The summed E-state index contributed by atoms with van der Waals surface area (Å²) >= 11 is 0. The molecule has 19 heavy (non-hydrogen) atoms. The quantitative estimate of drug-likeness (QED) is 0.887. The van der Waals surface area contributed by atoms with Crippen LogP contribution in [0, 0.1) is 0 Å². The number of benzene rings is 1. The second kappa shape index (κ2) is 6.66. The third kappa shape index (κ3) is 3.53. The first-order valence-corrected chi connectivity index (χ1v) is 7.14. The lowest BCUT2D eigenvalue weighted by molar-refractivity contribution is 0.330. The lowest BCUT2D eigenvalue weighted by Crippen LogP contribution is -2.39. The fraction of sp³-hybridized carbons (Fsp3) is 0.600. The van der Waals surface area contributed by atoms with Gasteiger partial charge in [-0.15, -0.1) is 0 Å². The molecule has 1 aliphatic heterocycles. The Balaban J connectivity index is 2.21. The summed E-state index contributed by atoms with van der Waals surface area (Å²) in [5, 5.41) is 0. The maximum absolute atomic E-state index is 5.97. The van der Waals surface area contributed by atoms with Crippen LogP contribution in [0.4, 0.5) is 5.69 Å². The molecule has 2 rings (SSSR count). The Morgan fingerprint density at radius 2 is 1.84 bits per heavy atom. The van der Waals surface area contributed by atoms with Gasteiger partial charge in [-0.1, -0.05) is 0 Å². The summed E-state index contributed by atoms with van der Waals surface area (Å²) in [5.74, 6) is 1.83. The summed E-state index contributed by atoms with van der Waals surface area (Å²) in [5.41, 5.74) is 7.09. The van der Waals surface area contributed by atoms with E-state index in [2.05, 4.69) is 11.0 Å². The van der Waals surface area contributed by atoms with Crippen molar-refractivity contribution in [1.29, 1.82) is 0 Å². The normalized spacial score (nSPS) is 16.5. The van der Waals surface area contributed by atoms with Crippen molar-refractivity contribution in [1.82, 2.24) is 0 Å². The van der Waals surface area contributed by atoms with Gasteiger partial charge < -0.3 is 20.1 Å². The van der Waals surface area contributed by atoms with Gasteiger partial charge in [0.2, 0.25) is 0 Å². The monoisotopic (exact) mass is 264 g/mol. The second-order valence-corrected chi connectivity index (χ2v) is 4.82. The number of piperidine rings is 1. The van der Waals surface area contributed by atoms with Crippen molar-refractivity contribution in [2.45, 2.75) is 32.7 Å². The Morgan fingerprint density at radius 3 is 2.47 bits per heavy atom. The van der Waals surface area contributed by atoms with E-state index in [9.17, 15) is 0 Å². The van der Waals surface area contributed by atoms with Crippen LogP contribution in [0.15, 0.2) is 18.2 Å². The summed E-state index contributed by atoms with van der Waals surface area (Å²) in [6, 6.07) is 6.37. The number of nitrogens with zero attached hydrogens (tertiary/aromatic N) is 1. The second-order valence-electron chi connectivity index (χ2n) is 4.82. The zero-order valence-corrected chi connectivity index (χ0v) is 11.9. The molecule has 0 aromatic heterocycles. The molecule has 0 radical (unpaired) electrons. The maximum Gasteiger partial charge on any atom is 0.142 e. The third-order valence-corrected chi connectivity index (χ3v) is 3.42. The molecular formula is C15H24N2O2. The van der Waals surface area contributed by atoms with E-state index < -0.39 is 0 Å². The van der Waals surface area contributed by atoms with Crippen LogP contribution < -0.4 is 20.1 Å². The van der Waals surface area contributed by atoms with Crippen molar-refractivity contribution in [2.24, 2.45) is 5.73 Å². The first-order chi connectivity index (χ1) is 9.24. The van der Waals surface area contributed by atoms with E-state index in [1.807, 2.05) is 26.0 Å². The molecule has 0 bridgehead atoms. The molecule has 2 N–H and O–H groups in total. The average molecular weight is 264 g/mol.